The highest BCUT2D eigenvalue weighted by molar-refractivity contribution is 5.87. The van der Waals surface area contributed by atoms with Gasteiger partial charge in [-0.25, -0.2) is 4.79 Å². The molecule has 9 heteroatoms. The number of carbonyl (C=O) groups excluding carboxylic acids is 4. The Morgan fingerprint density at radius 3 is 2.62 bits per heavy atom. The largest absolute Gasteiger partial charge is 0.491 e. The molecule has 1 aliphatic heterocycles. The molecular weight excluding hydrogens is 510 g/mol. The highest BCUT2D eigenvalue weighted by Crippen LogP contribution is 2.27. The number of nitrogens with one attached hydrogen (secondary N) is 2. The summed E-state index contributed by atoms with van der Waals surface area (Å²) in [4.78, 5) is 52.3. The summed E-state index contributed by atoms with van der Waals surface area (Å²) in [5.41, 5.74) is 0.943. The van der Waals surface area contributed by atoms with E-state index >= 15 is 0 Å². The Balaban J connectivity index is 1.50. The number of aldehydes is 1. The lowest BCUT2D eigenvalue weighted by molar-refractivity contribution is -0.132. The molecule has 40 heavy (non-hydrogen) atoms. The van der Waals surface area contributed by atoms with Gasteiger partial charge in [0.2, 0.25) is 11.8 Å². The van der Waals surface area contributed by atoms with E-state index in [1.807, 2.05) is 24.3 Å². The fourth-order valence-corrected chi connectivity index (χ4v) is 5.48. The van der Waals surface area contributed by atoms with Crippen LogP contribution in [0.15, 0.2) is 24.3 Å². The molecule has 2 aliphatic rings. The number of unbranched alkanes of at least 4 members (excludes halogenated alkanes) is 4. The number of fused-ring (bicyclic) bond motifs is 1. The van der Waals surface area contributed by atoms with Gasteiger partial charge in [0.05, 0.1) is 19.2 Å². The molecule has 2 N–H and O–H groups in total. The summed E-state index contributed by atoms with van der Waals surface area (Å²) in [6.07, 6.45) is 11.6. The first-order chi connectivity index (χ1) is 19.5. The number of alkyl carbamates (subject to hydrolysis) is 1. The number of nitrogens with zero attached hydrogens (tertiary/aromatic N) is 1. The molecule has 0 aromatic heterocycles. The van der Waals surface area contributed by atoms with Crippen LogP contribution < -0.4 is 15.4 Å². The van der Waals surface area contributed by atoms with E-state index in [0.29, 0.717) is 44.9 Å². The maximum absolute atomic E-state index is 13.2. The van der Waals surface area contributed by atoms with E-state index in [2.05, 4.69) is 17.6 Å². The summed E-state index contributed by atoms with van der Waals surface area (Å²) in [6.45, 7) is 3.78. The van der Waals surface area contributed by atoms with Gasteiger partial charge in [0, 0.05) is 18.5 Å². The van der Waals surface area contributed by atoms with Gasteiger partial charge in [-0.15, -0.1) is 0 Å². The van der Waals surface area contributed by atoms with Crippen molar-refractivity contribution in [3.05, 3.63) is 29.8 Å². The Morgan fingerprint density at radius 2 is 1.85 bits per heavy atom. The van der Waals surface area contributed by atoms with E-state index in [1.165, 1.54) is 12.8 Å². The van der Waals surface area contributed by atoms with Crippen LogP contribution in [0.1, 0.15) is 96.0 Å². The molecule has 9 nitrogen and oxygen atoms in total. The van der Waals surface area contributed by atoms with E-state index in [1.54, 1.807) is 4.90 Å². The van der Waals surface area contributed by atoms with Crippen LogP contribution in [0.25, 0.3) is 0 Å². The van der Waals surface area contributed by atoms with Crippen LogP contribution >= 0.6 is 0 Å². The zero-order chi connectivity index (χ0) is 28.6. The highest BCUT2D eigenvalue weighted by Gasteiger charge is 2.28. The first-order valence-corrected chi connectivity index (χ1v) is 15.2. The lowest BCUT2D eigenvalue weighted by Crippen LogP contribution is -2.51. The van der Waals surface area contributed by atoms with Crippen molar-refractivity contribution in [3.63, 3.8) is 0 Å². The fourth-order valence-electron chi connectivity index (χ4n) is 5.48. The SMILES string of the molecule is CCCCCCCOC(=O)NC(CC1CCCCC1)C(=O)NC(C=O)CCC(=O)N1CCOc2ccccc2C1. The monoisotopic (exact) mass is 557 g/mol. The minimum absolute atomic E-state index is 0.0965. The predicted molar refractivity (Wildman–Crippen MR) is 153 cm³/mol. The van der Waals surface area contributed by atoms with Crippen LogP contribution in [-0.2, 0) is 25.7 Å². The standard InChI is InChI=1S/C31H47N3O6/c1-2-3-4-5-11-19-40-31(38)33-27(21-24-12-7-6-8-13-24)30(37)32-26(23-35)16-17-29(36)34-18-20-39-28-15-10-9-14-25(28)22-34/h9-10,14-15,23-24,26-27H,2-8,11-13,16-22H2,1H3,(H,32,37)(H,33,38). The van der Waals surface area contributed by atoms with E-state index in [9.17, 15) is 19.2 Å². The second kappa shape index (κ2) is 17.6. The molecule has 1 aromatic rings. The molecule has 2 unspecified atom stereocenters. The number of carbonyl (C=O) groups is 4. The van der Waals surface area contributed by atoms with Crippen molar-refractivity contribution in [2.75, 3.05) is 19.8 Å². The number of rotatable bonds is 15. The molecule has 1 saturated carbocycles. The zero-order valence-electron chi connectivity index (χ0n) is 24.0. The Hall–Kier alpha value is -3.10. The molecule has 2 atom stereocenters. The zero-order valence-corrected chi connectivity index (χ0v) is 24.0. The van der Waals surface area contributed by atoms with Gasteiger partial charge in [0.25, 0.3) is 0 Å². The van der Waals surface area contributed by atoms with Crippen LogP contribution in [0.2, 0.25) is 0 Å². The van der Waals surface area contributed by atoms with Gasteiger partial charge in [0.15, 0.2) is 0 Å². The van der Waals surface area contributed by atoms with Gasteiger partial charge < -0.3 is 29.8 Å². The van der Waals surface area contributed by atoms with Crippen molar-refractivity contribution in [1.29, 1.82) is 0 Å². The quantitative estimate of drug-likeness (QED) is 0.234. The van der Waals surface area contributed by atoms with Gasteiger partial charge in [-0.3, -0.25) is 9.59 Å². The van der Waals surface area contributed by atoms with Crippen LogP contribution in [0.4, 0.5) is 4.79 Å². The molecule has 1 fully saturated rings. The third kappa shape index (κ3) is 10.8. The molecule has 0 radical (unpaired) electrons. The van der Waals surface area contributed by atoms with Crippen molar-refractivity contribution in [2.24, 2.45) is 5.92 Å². The number of benzene rings is 1. The normalized spacial score (nSPS) is 17.0. The van der Waals surface area contributed by atoms with E-state index < -0.39 is 24.1 Å². The summed E-state index contributed by atoms with van der Waals surface area (Å²) >= 11 is 0. The minimum atomic E-state index is -0.822. The second-order valence-electron chi connectivity index (χ2n) is 11.0. The lowest BCUT2D eigenvalue weighted by atomic mass is 9.84. The molecule has 0 spiro atoms. The first kappa shape index (κ1) is 31.4. The van der Waals surface area contributed by atoms with Crippen molar-refractivity contribution >= 4 is 24.2 Å². The molecule has 1 heterocycles. The molecule has 3 rings (SSSR count). The third-order valence-electron chi connectivity index (χ3n) is 7.85. The van der Waals surface area contributed by atoms with Gasteiger partial charge in [0.1, 0.15) is 24.7 Å². The number of hydrogen-bond acceptors (Lipinski definition) is 6. The summed E-state index contributed by atoms with van der Waals surface area (Å²) in [5.74, 6) is 0.610. The molecule has 1 aliphatic carbocycles. The van der Waals surface area contributed by atoms with E-state index in [4.69, 9.17) is 9.47 Å². The molecule has 1 aromatic carbocycles. The number of amides is 3. The molecule has 222 valence electrons. The van der Waals surface area contributed by atoms with Crippen molar-refractivity contribution in [1.82, 2.24) is 15.5 Å². The molecular formula is C31H47N3O6. The van der Waals surface area contributed by atoms with Crippen LogP contribution in [0.5, 0.6) is 5.75 Å². The van der Waals surface area contributed by atoms with Crippen molar-refractivity contribution in [3.8, 4) is 5.75 Å². The van der Waals surface area contributed by atoms with E-state index in [0.717, 1.165) is 62.7 Å². The van der Waals surface area contributed by atoms with Gasteiger partial charge >= 0.3 is 6.09 Å². The van der Waals surface area contributed by atoms with Crippen LogP contribution in [0, 0.1) is 5.92 Å². The summed E-state index contributed by atoms with van der Waals surface area (Å²) < 4.78 is 11.1. The first-order valence-electron chi connectivity index (χ1n) is 15.2. The maximum atomic E-state index is 13.2. The summed E-state index contributed by atoms with van der Waals surface area (Å²) in [6, 6.07) is 6.04. The van der Waals surface area contributed by atoms with Gasteiger partial charge in [-0.05, 0) is 31.2 Å². The van der Waals surface area contributed by atoms with Crippen molar-refractivity contribution in [2.45, 2.75) is 109 Å². The Kier molecular flexibility index (Phi) is 13.8. The maximum Gasteiger partial charge on any atom is 0.407 e. The van der Waals surface area contributed by atoms with Crippen LogP contribution in [0.3, 0.4) is 0 Å². The predicted octanol–water partition coefficient (Wildman–Crippen LogP) is 4.91. The average molecular weight is 558 g/mol. The Labute approximate surface area is 238 Å². The lowest BCUT2D eigenvalue weighted by Gasteiger charge is -2.27. The summed E-state index contributed by atoms with van der Waals surface area (Å²) in [5, 5.41) is 5.52. The van der Waals surface area contributed by atoms with E-state index in [-0.39, 0.29) is 18.7 Å². The third-order valence-corrected chi connectivity index (χ3v) is 7.85. The average Bonchev–Trinajstić information content (AvgIpc) is 3.20. The van der Waals surface area contributed by atoms with Crippen LogP contribution in [-0.4, -0.2) is 60.9 Å². The van der Waals surface area contributed by atoms with Crippen molar-refractivity contribution < 1.29 is 28.7 Å². The number of ether oxygens (including phenoxy) is 2. The van der Waals surface area contributed by atoms with Gasteiger partial charge in [-0.2, -0.15) is 0 Å². The number of hydrogen-bond donors (Lipinski definition) is 2. The number of para-hydroxylation sites is 1. The summed E-state index contributed by atoms with van der Waals surface area (Å²) in [7, 11) is 0. The Morgan fingerprint density at radius 1 is 1.07 bits per heavy atom. The molecule has 0 saturated heterocycles. The second-order valence-corrected chi connectivity index (χ2v) is 11.0. The molecule has 3 amide bonds. The van der Waals surface area contributed by atoms with Gasteiger partial charge in [-0.1, -0.05) is 82.9 Å². The molecule has 0 bridgehead atoms. The smallest absolute Gasteiger partial charge is 0.407 e. The fraction of sp³-hybridized carbons (Fsp3) is 0.677. The Bertz CT molecular complexity index is 949. The minimum Gasteiger partial charge on any atom is -0.491 e. The topological polar surface area (TPSA) is 114 Å². The highest BCUT2D eigenvalue weighted by atomic mass is 16.5.